The smallest absolute Gasteiger partial charge is 0.235 e. The summed E-state index contributed by atoms with van der Waals surface area (Å²) in [6.07, 6.45) is 0. The number of hydrogen-bond donors (Lipinski definition) is 0. The van der Waals surface area contributed by atoms with Crippen molar-refractivity contribution >= 4 is 16.3 Å². The Morgan fingerprint density at radius 2 is 1.72 bits per heavy atom. The molecule has 0 N–H and O–H groups in total. The predicted octanol–water partition coefficient (Wildman–Crippen LogP) is 3.77. The normalized spacial score (nSPS) is 10.9. The number of benzene rings is 2. The molecule has 0 atom stereocenters. The fourth-order valence-electron chi connectivity index (χ4n) is 2.96. The molecule has 0 unspecified atom stereocenters. The van der Waals surface area contributed by atoms with E-state index in [1.165, 1.54) is 11.3 Å². The lowest BCUT2D eigenvalue weighted by Crippen LogP contribution is -1.99. The molecule has 4 aromatic rings. The fraction of sp³-hybridized carbons (Fsp3) is 0.250. The standard InChI is InChI=1S/C20H20N4O4S/c1-12-6-5-7-14(8-12)28-11-17-23-24-19(21-22-20(24)29-17)13-9-15(25-2)18(27-4)16(10-13)26-3/h5-10H,11H2,1-4H3. The first-order chi connectivity index (χ1) is 14.1. The number of fused-ring (bicyclic) bond motifs is 1. The molecule has 0 aliphatic rings. The van der Waals surface area contributed by atoms with Crippen molar-refractivity contribution in [3.63, 3.8) is 0 Å². The van der Waals surface area contributed by atoms with Crippen LogP contribution >= 0.6 is 11.3 Å². The van der Waals surface area contributed by atoms with Crippen molar-refractivity contribution in [3.05, 3.63) is 47.0 Å². The van der Waals surface area contributed by atoms with E-state index in [1.807, 2.05) is 43.3 Å². The van der Waals surface area contributed by atoms with Gasteiger partial charge in [-0.3, -0.25) is 0 Å². The van der Waals surface area contributed by atoms with Gasteiger partial charge in [-0.15, -0.1) is 10.2 Å². The molecular weight excluding hydrogens is 392 g/mol. The van der Waals surface area contributed by atoms with Gasteiger partial charge < -0.3 is 18.9 Å². The van der Waals surface area contributed by atoms with E-state index in [1.54, 1.807) is 25.8 Å². The van der Waals surface area contributed by atoms with Crippen molar-refractivity contribution in [2.24, 2.45) is 0 Å². The Balaban J connectivity index is 1.65. The van der Waals surface area contributed by atoms with Crippen LogP contribution in [-0.4, -0.2) is 41.1 Å². The quantitative estimate of drug-likeness (QED) is 0.457. The summed E-state index contributed by atoms with van der Waals surface area (Å²) in [6.45, 7) is 2.38. The highest BCUT2D eigenvalue weighted by Gasteiger charge is 2.19. The van der Waals surface area contributed by atoms with Crippen LogP contribution in [0.4, 0.5) is 0 Å². The summed E-state index contributed by atoms with van der Waals surface area (Å²) < 4.78 is 23.8. The molecular formula is C20H20N4O4S. The van der Waals surface area contributed by atoms with Gasteiger partial charge >= 0.3 is 0 Å². The largest absolute Gasteiger partial charge is 0.493 e. The zero-order valence-corrected chi connectivity index (χ0v) is 17.3. The third kappa shape index (κ3) is 3.68. The van der Waals surface area contributed by atoms with Gasteiger partial charge in [0.15, 0.2) is 22.3 Å². The van der Waals surface area contributed by atoms with Crippen molar-refractivity contribution in [2.75, 3.05) is 21.3 Å². The van der Waals surface area contributed by atoms with Gasteiger partial charge in [-0.05, 0) is 36.8 Å². The van der Waals surface area contributed by atoms with Crippen LogP contribution in [0, 0.1) is 6.92 Å². The van der Waals surface area contributed by atoms with E-state index < -0.39 is 0 Å². The van der Waals surface area contributed by atoms with E-state index in [4.69, 9.17) is 18.9 Å². The summed E-state index contributed by atoms with van der Waals surface area (Å²) in [5, 5.41) is 13.9. The number of nitrogens with zero attached hydrogens (tertiary/aromatic N) is 4. The van der Waals surface area contributed by atoms with Crippen LogP contribution in [0.15, 0.2) is 36.4 Å². The van der Waals surface area contributed by atoms with Crippen molar-refractivity contribution < 1.29 is 18.9 Å². The summed E-state index contributed by atoms with van der Waals surface area (Å²) in [7, 11) is 4.71. The van der Waals surface area contributed by atoms with E-state index in [-0.39, 0.29) is 0 Å². The van der Waals surface area contributed by atoms with Crippen molar-refractivity contribution in [1.29, 1.82) is 0 Å². The molecule has 29 heavy (non-hydrogen) atoms. The molecule has 150 valence electrons. The molecule has 2 aromatic heterocycles. The molecule has 0 radical (unpaired) electrons. The maximum Gasteiger partial charge on any atom is 0.235 e. The number of ether oxygens (including phenoxy) is 4. The lowest BCUT2D eigenvalue weighted by molar-refractivity contribution is 0.304. The van der Waals surface area contributed by atoms with Crippen LogP contribution in [0.5, 0.6) is 23.0 Å². The monoisotopic (exact) mass is 412 g/mol. The van der Waals surface area contributed by atoms with Crippen LogP contribution in [0.2, 0.25) is 0 Å². The molecule has 8 nitrogen and oxygen atoms in total. The molecule has 0 spiro atoms. The third-order valence-electron chi connectivity index (χ3n) is 4.31. The highest BCUT2D eigenvalue weighted by Crippen LogP contribution is 2.41. The second kappa shape index (κ2) is 7.96. The van der Waals surface area contributed by atoms with Crippen LogP contribution in [0.3, 0.4) is 0 Å². The van der Waals surface area contributed by atoms with Crippen molar-refractivity contribution in [3.8, 4) is 34.4 Å². The summed E-state index contributed by atoms with van der Waals surface area (Å²) >= 11 is 1.43. The van der Waals surface area contributed by atoms with Crippen molar-refractivity contribution in [1.82, 2.24) is 19.8 Å². The fourth-order valence-corrected chi connectivity index (χ4v) is 3.70. The first-order valence-electron chi connectivity index (χ1n) is 8.84. The molecule has 0 saturated carbocycles. The molecule has 0 fully saturated rings. The van der Waals surface area contributed by atoms with Gasteiger partial charge in [0.1, 0.15) is 12.4 Å². The molecule has 2 aromatic carbocycles. The maximum atomic E-state index is 5.85. The Labute approximate surface area is 171 Å². The third-order valence-corrected chi connectivity index (χ3v) is 5.18. The Hall–Kier alpha value is -3.33. The van der Waals surface area contributed by atoms with Gasteiger partial charge in [0.05, 0.1) is 21.3 Å². The molecule has 0 aliphatic heterocycles. The minimum absolute atomic E-state index is 0.353. The number of rotatable bonds is 7. The minimum Gasteiger partial charge on any atom is -0.493 e. The van der Waals surface area contributed by atoms with Gasteiger partial charge in [-0.1, -0.05) is 23.5 Å². The Bertz CT molecular complexity index is 1130. The van der Waals surface area contributed by atoms with Crippen LogP contribution in [0.25, 0.3) is 16.3 Å². The summed E-state index contributed by atoms with van der Waals surface area (Å²) in [4.78, 5) is 0.677. The van der Waals surface area contributed by atoms with E-state index in [0.29, 0.717) is 34.6 Å². The zero-order valence-electron chi connectivity index (χ0n) is 16.5. The average molecular weight is 412 g/mol. The van der Waals surface area contributed by atoms with E-state index >= 15 is 0 Å². The SMILES string of the molecule is COc1cc(-c2nnc3sc(COc4cccc(C)c4)nn23)cc(OC)c1OC. The summed E-state index contributed by atoms with van der Waals surface area (Å²) in [5.74, 6) is 2.98. The van der Waals surface area contributed by atoms with Crippen molar-refractivity contribution in [2.45, 2.75) is 13.5 Å². The lowest BCUT2D eigenvalue weighted by atomic mass is 10.1. The Morgan fingerprint density at radius 1 is 0.966 bits per heavy atom. The number of hydrogen-bond acceptors (Lipinski definition) is 8. The Morgan fingerprint density at radius 3 is 2.38 bits per heavy atom. The molecule has 0 bridgehead atoms. The zero-order chi connectivity index (χ0) is 20.4. The van der Waals surface area contributed by atoms with Crippen LogP contribution in [-0.2, 0) is 6.61 Å². The highest BCUT2D eigenvalue weighted by atomic mass is 32.1. The maximum absolute atomic E-state index is 5.85. The average Bonchev–Trinajstić information content (AvgIpc) is 3.31. The van der Waals surface area contributed by atoms with Gasteiger partial charge in [0.2, 0.25) is 10.7 Å². The van der Waals surface area contributed by atoms with E-state index in [2.05, 4.69) is 15.3 Å². The number of aromatic nitrogens is 4. The Kier molecular flexibility index (Phi) is 5.22. The predicted molar refractivity (Wildman–Crippen MR) is 109 cm³/mol. The first-order valence-corrected chi connectivity index (χ1v) is 9.65. The molecule has 9 heteroatoms. The molecule has 4 rings (SSSR count). The minimum atomic E-state index is 0.353. The summed E-state index contributed by atoms with van der Waals surface area (Å²) in [6, 6.07) is 11.5. The molecule has 2 heterocycles. The van der Waals surface area contributed by atoms with E-state index in [9.17, 15) is 0 Å². The second-order valence-electron chi connectivity index (χ2n) is 6.23. The number of methoxy groups -OCH3 is 3. The topological polar surface area (TPSA) is 80.0 Å². The second-order valence-corrected chi connectivity index (χ2v) is 7.27. The molecule has 0 aliphatic carbocycles. The number of aryl methyl sites for hydroxylation is 1. The van der Waals surface area contributed by atoms with Crippen LogP contribution in [0.1, 0.15) is 10.6 Å². The van der Waals surface area contributed by atoms with Crippen LogP contribution < -0.4 is 18.9 Å². The lowest BCUT2D eigenvalue weighted by Gasteiger charge is -2.13. The van der Waals surface area contributed by atoms with E-state index in [0.717, 1.165) is 21.9 Å². The van der Waals surface area contributed by atoms with Gasteiger partial charge in [-0.2, -0.15) is 9.61 Å². The van der Waals surface area contributed by atoms with Gasteiger partial charge in [0.25, 0.3) is 0 Å². The molecule has 0 saturated heterocycles. The highest BCUT2D eigenvalue weighted by molar-refractivity contribution is 7.16. The first kappa shape index (κ1) is 19.0. The van der Waals surface area contributed by atoms with Gasteiger partial charge in [-0.25, -0.2) is 0 Å². The van der Waals surface area contributed by atoms with Gasteiger partial charge in [0, 0.05) is 5.56 Å². The summed E-state index contributed by atoms with van der Waals surface area (Å²) in [5.41, 5.74) is 1.90. The molecule has 0 amide bonds.